The number of aromatic nitrogens is 4. The number of rotatable bonds is 1. The van der Waals surface area contributed by atoms with E-state index in [1.54, 1.807) is 10.9 Å². The van der Waals surface area contributed by atoms with Gasteiger partial charge in [0.15, 0.2) is 5.82 Å². The van der Waals surface area contributed by atoms with Crippen LogP contribution in [0.1, 0.15) is 0 Å². The van der Waals surface area contributed by atoms with Crippen LogP contribution < -0.4 is 5.73 Å². The Morgan fingerprint density at radius 2 is 2.24 bits per heavy atom. The molecule has 0 aliphatic heterocycles. The Morgan fingerprint density at radius 3 is 2.94 bits per heavy atom. The van der Waals surface area contributed by atoms with Crippen LogP contribution in [-0.2, 0) is 7.05 Å². The average molecular weight is 292 g/mol. The highest BCUT2D eigenvalue weighted by molar-refractivity contribution is 9.10. The van der Waals surface area contributed by atoms with E-state index in [2.05, 4.69) is 31.0 Å². The standard InChI is InChI=1S/C11H10BrN5/c1-17-9(2-3-14-17)11-15-8-5-6(12)4-7(13)10(8)16-11/h2-5H,13H2,1H3,(H,15,16). The third kappa shape index (κ3) is 1.61. The van der Waals surface area contributed by atoms with Gasteiger partial charge in [0.2, 0.25) is 0 Å². The van der Waals surface area contributed by atoms with Crippen molar-refractivity contribution in [1.82, 2.24) is 19.7 Å². The van der Waals surface area contributed by atoms with E-state index in [0.29, 0.717) is 5.69 Å². The lowest BCUT2D eigenvalue weighted by Crippen LogP contribution is -1.94. The van der Waals surface area contributed by atoms with Crippen LogP contribution in [0.4, 0.5) is 5.69 Å². The summed E-state index contributed by atoms with van der Waals surface area (Å²) in [4.78, 5) is 7.73. The number of fused-ring (bicyclic) bond motifs is 1. The van der Waals surface area contributed by atoms with Gasteiger partial charge in [0.05, 0.1) is 11.2 Å². The molecular formula is C11H10BrN5. The molecule has 3 N–H and O–H groups in total. The molecule has 0 aliphatic rings. The van der Waals surface area contributed by atoms with Gasteiger partial charge in [0.1, 0.15) is 11.2 Å². The lowest BCUT2D eigenvalue weighted by atomic mass is 10.3. The first-order valence-corrected chi connectivity index (χ1v) is 5.87. The van der Waals surface area contributed by atoms with Gasteiger partial charge in [0, 0.05) is 17.7 Å². The van der Waals surface area contributed by atoms with Crippen molar-refractivity contribution in [2.45, 2.75) is 0 Å². The van der Waals surface area contributed by atoms with Crippen LogP contribution in [0.15, 0.2) is 28.9 Å². The van der Waals surface area contributed by atoms with Crippen LogP contribution in [0.3, 0.4) is 0 Å². The van der Waals surface area contributed by atoms with Gasteiger partial charge in [-0.15, -0.1) is 0 Å². The van der Waals surface area contributed by atoms with Gasteiger partial charge in [-0.3, -0.25) is 4.68 Å². The van der Waals surface area contributed by atoms with Gasteiger partial charge in [-0.2, -0.15) is 5.10 Å². The van der Waals surface area contributed by atoms with Crippen LogP contribution in [0.5, 0.6) is 0 Å². The molecule has 1 aromatic carbocycles. The van der Waals surface area contributed by atoms with Crippen molar-refractivity contribution in [1.29, 1.82) is 0 Å². The number of nitrogens with one attached hydrogen (secondary N) is 1. The van der Waals surface area contributed by atoms with Gasteiger partial charge in [-0.25, -0.2) is 4.98 Å². The van der Waals surface area contributed by atoms with E-state index < -0.39 is 0 Å². The Kier molecular flexibility index (Phi) is 2.19. The van der Waals surface area contributed by atoms with E-state index in [1.807, 2.05) is 25.2 Å². The number of benzene rings is 1. The molecule has 0 aliphatic carbocycles. The Balaban J connectivity index is 2.27. The first-order chi connectivity index (χ1) is 8.15. The van der Waals surface area contributed by atoms with Crippen LogP contribution in [0.25, 0.3) is 22.6 Å². The summed E-state index contributed by atoms with van der Waals surface area (Å²) < 4.78 is 2.70. The van der Waals surface area contributed by atoms with E-state index in [9.17, 15) is 0 Å². The molecule has 0 atom stereocenters. The molecule has 2 heterocycles. The summed E-state index contributed by atoms with van der Waals surface area (Å²) in [5, 5.41) is 4.12. The monoisotopic (exact) mass is 291 g/mol. The average Bonchev–Trinajstić information content (AvgIpc) is 2.83. The predicted octanol–water partition coefficient (Wildman–Crippen LogP) is 2.31. The largest absolute Gasteiger partial charge is 0.397 e. The Morgan fingerprint density at radius 1 is 1.41 bits per heavy atom. The molecule has 0 unspecified atom stereocenters. The van der Waals surface area contributed by atoms with Crippen molar-refractivity contribution < 1.29 is 0 Å². The molecule has 0 radical (unpaired) electrons. The minimum atomic E-state index is 0.652. The molecule has 3 rings (SSSR count). The highest BCUT2D eigenvalue weighted by Crippen LogP contribution is 2.27. The molecule has 0 saturated carbocycles. The zero-order chi connectivity index (χ0) is 12.0. The summed E-state index contributed by atoms with van der Waals surface area (Å²) in [6.07, 6.45) is 1.74. The number of halogens is 1. The second kappa shape index (κ2) is 3.59. The van der Waals surface area contributed by atoms with E-state index in [1.165, 1.54) is 0 Å². The lowest BCUT2D eigenvalue weighted by molar-refractivity contribution is 0.771. The molecule has 3 aromatic rings. The van der Waals surface area contributed by atoms with Crippen LogP contribution in [0.2, 0.25) is 0 Å². The highest BCUT2D eigenvalue weighted by atomic mass is 79.9. The van der Waals surface area contributed by atoms with Crippen molar-refractivity contribution in [2.75, 3.05) is 5.73 Å². The fourth-order valence-electron chi connectivity index (χ4n) is 1.84. The number of aryl methyl sites for hydroxylation is 1. The molecule has 86 valence electrons. The third-order valence-corrected chi connectivity index (χ3v) is 3.10. The second-order valence-corrected chi connectivity index (χ2v) is 4.73. The predicted molar refractivity (Wildman–Crippen MR) is 70.4 cm³/mol. The number of hydrogen-bond donors (Lipinski definition) is 2. The minimum absolute atomic E-state index is 0.652. The number of nitrogen functional groups attached to an aromatic ring is 1. The maximum atomic E-state index is 5.93. The third-order valence-electron chi connectivity index (χ3n) is 2.64. The molecule has 0 fully saturated rings. The summed E-state index contributed by atoms with van der Waals surface area (Å²) >= 11 is 3.41. The Labute approximate surface area is 106 Å². The lowest BCUT2D eigenvalue weighted by Gasteiger charge is -1.95. The summed E-state index contributed by atoms with van der Waals surface area (Å²) in [6, 6.07) is 5.71. The fraction of sp³-hybridized carbons (Fsp3) is 0.0909. The smallest absolute Gasteiger partial charge is 0.156 e. The Hall–Kier alpha value is -1.82. The highest BCUT2D eigenvalue weighted by Gasteiger charge is 2.10. The van der Waals surface area contributed by atoms with E-state index in [0.717, 1.165) is 27.0 Å². The van der Waals surface area contributed by atoms with Gasteiger partial charge < -0.3 is 10.7 Å². The quantitative estimate of drug-likeness (QED) is 0.676. The molecule has 17 heavy (non-hydrogen) atoms. The van der Waals surface area contributed by atoms with Crippen molar-refractivity contribution >= 4 is 32.7 Å². The SMILES string of the molecule is Cn1nccc1-c1nc2c(N)cc(Br)cc2[nH]1. The molecular weight excluding hydrogens is 282 g/mol. The summed E-state index contributed by atoms with van der Waals surface area (Å²) in [5.74, 6) is 0.768. The van der Waals surface area contributed by atoms with Crippen molar-refractivity contribution in [3.63, 3.8) is 0 Å². The first kappa shape index (κ1) is 10.3. The summed E-state index contributed by atoms with van der Waals surface area (Å²) in [5.41, 5.74) is 9.20. The number of H-pyrrole nitrogens is 1. The van der Waals surface area contributed by atoms with Crippen LogP contribution in [-0.4, -0.2) is 19.7 Å². The van der Waals surface area contributed by atoms with Crippen molar-refractivity contribution in [3.05, 3.63) is 28.9 Å². The summed E-state index contributed by atoms with van der Waals surface area (Å²) in [6.45, 7) is 0. The number of hydrogen-bond acceptors (Lipinski definition) is 3. The zero-order valence-electron chi connectivity index (χ0n) is 9.11. The van der Waals surface area contributed by atoms with Crippen molar-refractivity contribution in [2.24, 2.45) is 7.05 Å². The Bertz CT molecular complexity index is 697. The number of aromatic amines is 1. The number of nitrogens with two attached hydrogens (primary N) is 1. The van der Waals surface area contributed by atoms with Gasteiger partial charge in [-0.05, 0) is 18.2 Å². The van der Waals surface area contributed by atoms with Gasteiger partial charge in [-0.1, -0.05) is 15.9 Å². The molecule has 0 spiro atoms. The molecule has 0 amide bonds. The van der Waals surface area contributed by atoms with Crippen LogP contribution >= 0.6 is 15.9 Å². The molecule has 5 nitrogen and oxygen atoms in total. The van der Waals surface area contributed by atoms with E-state index in [-0.39, 0.29) is 0 Å². The molecule has 6 heteroatoms. The molecule has 2 aromatic heterocycles. The minimum Gasteiger partial charge on any atom is -0.397 e. The number of imidazole rings is 1. The van der Waals surface area contributed by atoms with Gasteiger partial charge in [0.25, 0.3) is 0 Å². The number of nitrogens with zero attached hydrogens (tertiary/aromatic N) is 3. The molecule has 0 bridgehead atoms. The number of anilines is 1. The zero-order valence-corrected chi connectivity index (χ0v) is 10.7. The van der Waals surface area contributed by atoms with Gasteiger partial charge >= 0.3 is 0 Å². The molecule has 0 saturated heterocycles. The first-order valence-electron chi connectivity index (χ1n) is 5.08. The van der Waals surface area contributed by atoms with Crippen molar-refractivity contribution in [3.8, 4) is 11.5 Å². The fourth-order valence-corrected chi connectivity index (χ4v) is 2.31. The van der Waals surface area contributed by atoms with Crippen LogP contribution in [0, 0.1) is 0 Å². The van der Waals surface area contributed by atoms with E-state index >= 15 is 0 Å². The van der Waals surface area contributed by atoms with E-state index in [4.69, 9.17) is 5.73 Å². The maximum Gasteiger partial charge on any atom is 0.156 e. The normalized spacial score (nSPS) is 11.2. The summed E-state index contributed by atoms with van der Waals surface area (Å²) in [7, 11) is 1.88. The topological polar surface area (TPSA) is 72.5 Å². The second-order valence-electron chi connectivity index (χ2n) is 3.82. The maximum absolute atomic E-state index is 5.93.